The molecule has 0 spiro atoms. The summed E-state index contributed by atoms with van der Waals surface area (Å²) in [5.41, 5.74) is 0.744. The van der Waals surface area contributed by atoms with Gasteiger partial charge in [-0.05, 0) is 59.7 Å². The highest BCUT2D eigenvalue weighted by Crippen LogP contribution is 2.32. The highest BCUT2D eigenvalue weighted by Gasteiger charge is 2.31. The number of aliphatic hydroxyl groups is 2. The molecule has 0 unspecified atom stereocenters. The molecule has 0 aliphatic carbocycles. The van der Waals surface area contributed by atoms with Gasteiger partial charge >= 0.3 is 3.18 Å². The molecular formula is C41H58BBr3Cl2N4O16S4. The van der Waals surface area contributed by atoms with Crippen molar-refractivity contribution in [2.75, 3.05) is 71.9 Å². The standard InChI is InChI=1S/C22H32N2O8S2.C18H24N2O8S2.CH2Cl2.BBr3/c1-5-23(33(27,28)19-8-7-17(15-25)18(13-19)16-26)11-12-24(6-2)34(29,30)20-9-10-21(31-3)22(14-20)32-4;1-3-19(29(25,26)13-5-7-15(21)17(23)11-13)9-10-20(4-2)30(27,28)14-6-8-16(22)18(24)12-14;2-1-3;2-1(3)4/h7-10,13-14,25-26H,5-6,11-12,15-16H2,1-4H3;5-8,11-12,21-24H,3-4,9-10H2,1-2H3;1H2;. The second-order valence-corrected chi connectivity index (χ2v) is 28.9. The van der Waals surface area contributed by atoms with Crippen molar-refractivity contribution < 1.29 is 73.8 Å². The second-order valence-electron chi connectivity index (χ2n) is 13.9. The van der Waals surface area contributed by atoms with Crippen LogP contribution in [0.2, 0.25) is 0 Å². The van der Waals surface area contributed by atoms with Crippen molar-refractivity contribution >= 4 is 114 Å². The molecule has 4 aromatic rings. The molecule has 30 heteroatoms. The van der Waals surface area contributed by atoms with Crippen molar-refractivity contribution in [3.63, 3.8) is 0 Å². The van der Waals surface area contributed by atoms with Crippen LogP contribution >= 0.6 is 70.5 Å². The number of rotatable bonds is 22. The zero-order chi connectivity index (χ0) is 54.5. The minimum absolute atomic E-state index is 0.00471. The van der Waals surface area contributed by atoms with Crippen molar-refractivity contribution in [2.45, 2.75) is 60.5 Å². The van der Waals surface area contributed by atoms with Gasteiger partial charge in [0.05, 0.1) is 52.4 Å². The van der Waals surface area contributed by atoms with Crippen LogP contribution in [-0.2, 0) is 53.3 Å². The summed E-state index contributed by atoms with van der Waals surface area (Å²) in [6.07, 6.45) is 0. The van der Waals surface area contributed by atoms with Crippen LogP contribution in [0.4, 0.5) is 0 Å². The summed E-state index contributed by atoms with van der Waals surface area (Å²) in [7, 11) is -13.1. The Labute approximate surface area is 451 Å². The Balaban J connectivity index is 0.000000631. The molecule has 0 bridgehead atoms. The third-order valence-electron chi connectivity index (χ3n) is 9.93. The molecule has 0 aliphatic rings. The van der Waals surface area contributed by atoms with Gasteiger partial charge in [0.1, 0.15) is 0 Å². The third-order valence-corrected chi connectivity index (χ3v) is 17.8. The van der Waals surface area contributed by atoms with E-state index < -0.39 is 69.7 Å². The van der Waals surface area contributed by atoms with E-state index in [9.17, 15) is 64.3 Å². The summed E-state index contributed by atoms with van der Waals surface area (Å²) >= 11 is 18.8. The molecule has 0 atom stereocenters. The number of phenols is 4. The predicted molar refractivity (Wildman–Crippen MR) is 284 cm³/mol. The van der Waals surface area contributed by atoms with E-state index in [0.717, 1.165) is 45.0 Å². The van der Waals surface area contributed by atoms with Crippen LogP contribution in [-0.4, -0.2) is 157 Å². The number of halogens is 5. The van der Waals surface area contributed by atoms with E-state index in [1.807, 2.05) is 0 Å². The summed E-state index contributed by atoms with van der Waals surface area (Å²) in [5.74, 6) is -1.44. The SMILES string of the molecule is BrB(Br)Br.CCN(CCN(CC)S(=O)(=O)c1ccc(O)c(O)c1)S(=O)(=O)c1ccc(O)c(O)c1.CCN(CCN(CC)S(=O)(=O)c1ccc(OC)c(OC)c1)S(=O)(=O)c1ccc(CO)c(CO)c1.ClCCl. The number of sulfonamides is 4. The lowest BCUT2D eigenvalue weighted by atomic mass is 10.1. The number of phenolic OH excluding ortho intramolecular Hbond substituents is 4. The van der Waals surface area contributed by atoms with E-state index in [-0.39, 0.29) is 92.8 Å². The first-order valence-electron chi connectivity index (χ1n) is 20.8. The molecule has 71 heavy (non-hydrogen) atoms. The fourth-order valence-electron chi connectivity index (χ4n) is 6.20. The molecule has 4 aromatic carbocycles. The lowest BCUT2D eigenvalue weighted by Crippen LogP contribution is -2.41. The summed E-state index contributed by atoms with van der Waals surface area (Å²) in [6.45, 7) is 5.61. The van der Waals surface area contributed by atoms with E-state index in [2.05, 4.69) is 47.3 Å². The number of methoxy groups -OCH3 is 2. The molecule has 6 N–H and O–H groups in total. The van der Waals surface area contributed by atoms with Crippen LogP contribution in [0.15, 0.2) is 92.4 Å². The minimum atomic E-state index is -4.05. The molecule has 4 rings (SSSR count). The number of nitrogens with zero attached hydrogens (tertiary/aromatic N) is 4. The average molecular weight is 1310 g/mol. The van der Waals surface area contributed by atoms with E-state index in [0.29, 0.717) is 16.9 Å². The van der Waals surface area contributed by atoms with Crippen LogP contribution in [0.1, 0.15) is 38.8 Å². The minimum Gasteiger partial charge on any atom is -0.504 e. The van der Waals surface area contributed by atoms with Crippen molar-refractivity contribution in [3.8, 4) is 34.5 Å². The quantitative estimate of drug-likeness (QED) is 0.0289. The third kappa shape index (κ3) is 18.9. The maximum Gasteiger partial charge on any atom is 0.369 e. The highest BCUT2D eigenvalue weighted by molar-refractivity contribution is 9.69. The van der Waals surface area contributed by atoms with Gasteiger partial charge in [-0.25, -0.2) is 33.7 Å². The van der Waals surface area contributed by atoms with Gasteiger partial charge < -0.3 is 40.1 Å². The molecule has 0 aliphatic heterocycles. The number of hydrogen-bond acceptors (Lipinski definition) is 16. The molecule has 0 radical (unpaired) electrons. The Kier molecular flexibility index (Phi) is 29.2. The van der Waals surface area contributed by atoms with Crippen molar-refractivity contribution in [1.29, 1.82) is 0 Å². The second kappa shape index (κ2) is 31.3. The Morgan fingerprint density at radius 2 is 0.746 bits per heavy atom. The van der Waals surface area contributed by atoms with Gasteiger partial charge in [0.2, 0.25) is 40.1 Å². The maximum atomic E-state index is 13.2. The number of benzene rings is 4. The largest absolute Gasteiger partial charge is 0.504 e. The number of likely N-dealkylation sites (N-methyl/N-ethyl adjacent to an activating group) is 4. The monoisotopic (exact) mass is 1310 g/mol. The van der Waals surface area contributed by atoms with Crippen LogP contribution in [0.3, 0.4) is 0 Å². The number of aliphatic hydroxyl groups excluding tert-OH is 2. The first-order valence-corrected chi connectivity index (χ1v) is 30.4. The van der Waals surface area contributed by atoms with Gasteiger partial charge in [-0.15, -0.1) is 70.5 Å². The Bertz CT molecular complexity index is 2590. The number of hydrogen-bond donors (Lipinski definition) is 6. The molecule has 20 nitrogen and oxygen atoms in total. The first kappa shape index (κ1) is 66.3. The van der Waals surface area contributed by atoms with Crippen molar-refractivity contribution in [3.05, 3.63) is 83.9 Å². The summed E-state index contributed by atoms with van der Waals surface area (Å²) in [5, 5.41) is 57.0. The zero-order valence-corrected chi connectivity index (χ0v) is 48.9. The number of aromatic hydroxyl groups is 4. The topological polar surface area (TPSA) is 289 Å². The fourth-order valence-corrected chi connectivity index (χ4v) is 12.1. The van der Waals surface area contributed by atoms with Crippen LogP contribution in [0, 0.1) is 0 Å². The predicted octanol–water partition coefficient (Wildman–Crippen LogP) is 6.22. The summed E-state index contributed by atoms with van der Waals surface area (Å²) in [6, 6.07) is 14.6. The lowest BCUT2D eigenvalue weighted by Gasteiger charge is -2.26. The van der Waals surface area contributed by atoms with Gasteiger partial charge in [-0.3, -0.25) is 0 Å². The average Bonchev–Trinajstić information content (AvgIpc) is 3.32. The van der Waals surface area contributed by atoms with Gasteiger partial charge in [-0.2, -0.15) is 17.2 Å². The first-order chi connectivity index (χ1) is 33.2. The number of alkyl halides is 2. The smallest absolute Gasteiger partial charge is 0.369 e. The molecule has 0 saturated heterocycles. The van der Waals surface area contributed by atoms with Gasteiger partial charge in [0.25, 0.3) is 0 Å². The van der Waals surface area contributed by atoms with Crippen LogP contribution in [0.5, 0.6) is 34.5 Å². The van der Waals surface area contributed by atoms with E-state index in [1.54, 1.807) is 27.7 Å². The fraction of sp³-hybridized carbons (Fsp3) is 0.415. The van der Waals surface area contributed by atoms with Crippen molar-refractivity contribution in [2.24, 2.45) is 0 Å². The maximum absolute atomic E-state index is 13.2. The van der Waals surface area contributed by atoms with Crippen LogP contribution < -0.4 is 9.47 Å². The lowest BCUT2D eigenvalue weighted by molar-refractivity contribution is 0.259. The summed E-state index contributed by atoms with van der Waals surface area (Å²) in [4.78, 5) is -0.519. The van der Waals surface area contributed by atoms with E-state index >= 15 is 0 Å². The molecule has 0 amide bonds. The van der Waals surface area contributed by atoms with Gasteiger partial charge in [0.15, 0.2) is 34.5 Å². The molecule has 400 valence electrons. The highest BCUT2D eigenvalue weighted by atomic mass is 79.9. The number of ether oxygens (including phenoxy) is 2. The molecule has 0 fully saturated rings. The zero-order valence-electron chi connectivity index (χ0n) is 39.4. The normalized spacial score (nSPS) is 11.8. The van der Waals surface area contributed by atoms with Crippen molar-refractivity contribution in [1.82, 2.24) is 17.2 Å². The summed E-state index contributed by atoms with van der Waals surface area (Å²) < 4.78 is 119. The molecule has 0 aromatic heterocycles. The molecular weight excluding hydrogens is 1250 g/mol. The Morgan fingerprint density at radius 1 is 0.465 bits per heavy atom. The van der Waals surface area contributed by atoms with Crippen LogP contribution in [0.25, 0.3) is 0 Å². The Morgan fingerprint density at radius 3 is 1.03 bits per heavy atom. The van der Waals surface area contributed by atoms with Gasteiger partial charge in [0, 0.05) is 70.6 Å². The van der Waals surface area contributed by atoms with E-state index in [1.165, 1.54) is 59.2 Å². The molecule has 0 heterocycles. The Hall–Kier alpha value is -2.68. The van der Waals surface area contributed by atoms with Gasteiger partial charge in [-0.1, -0.05) is 33.8 Å². The van der Waals surface area contributed by atoms with E-state index in [4.69, 9.17) is 32.7 Å². The molecule has 0 saturated carbocycles.